The van der Waals surface area contributed by atoms with E-state index in [0.29, 0.717) is 36.5 Å². The number of para-hydroxylation sites is 1. The van der Waals surface area contributed by atoms with Crippen molar-refractivity contribution in [3.63, 3.8) is 0 Å². The second kappa shape index (κ2) is 10.6. The average Bonchev–Trinajstić information content (AvgIpc) is 3.23. The highest BCUT2D eigenvalue weighted by molar-refractivity contribution is 6.34. The average molecular weight is 529 g/mol. The Bertz CT molecular complexity index is 1120. The van der Waals surface area contributed by atoms with Gasteiger partial charge in [0.2, 0.25) is 5.91 Å². The Balaban J connectivity index is 1.56. The normalized spacial score (nSPS) is 30.9. The number of benzene rings is 1. The van der Waals surface area contributed by atoms with Crippen LogP contribution in [0.25, 0.3) is 0 Å². The second-order valence-electron chi connectivity index (χ2n) is 10.2. The summed E-state index contributed by atoms with van der Waals surface area (Å²) in [5, 5.41) is 9.56. The van der Waals surface area contributed by atoms with Crippen molar-refractivity contribution in [3.05, 3.63) is 53.1 Å². The number of amides is 2. The lowest BCUT2D eigenvalue weighted by Gasteiger charge is -2.36. The molecule has 1 N–H and O–H groups in total. The Kier molecular flexibility index (Phi) is 7.43. The van der Waals surface area contributed by atoms with Crippen molar-refractivity contribution < 1.29 is 29.0 Å². The molecular formula is C28H33ClN2O6. The standard InChI is InChI=1S/C28H33ClN2O6/c1-18-10-8-11-19(29)23(18)30-15-9-13-28-22(21-20(37-28)12-4-7-17-36-27(21)35)25(33)31(24(28)26(30)34)14-5-2-3-6-16-32/h4,8-13,20-22,24,32H,2-3,5-7,14-17H2,1H3/t20-,21+,22-,24?,28-/m0/s1. The van der Waals surface area contributed by atoms with E-state index in [1.165, 1.54) is 0 Å². The molecule has 1 unspecified atom stereocenters. The molecule has 9 heteroatoms. The molecule has 2 fully saturated rings. The smallest absolute Gasteiger partial charge is 0.312 e. The third kappa shape index (κ3) is 4.39. The number of nitrogens with zero attached hydrogens (tertiary/aromatic N) is 2. The molecule has 0 aromatic heterocycles. The van der Waals surface area contributed by atoms with Gasteiger partial charge in [-0.15, -0.1) is 0 Å². The van der Waals surface area contributed by atoms with Gasteiger partial charge in [0.15, 0.2) is 0 Å². The van der Waals surface area contributed by atoms with Crippen molar-refractivity contribution in [2.45, 2.75) is 56.8 Å². The molecule has 2 amide bonds. The van der Waals surface area contributed by atoms with Gasteiger partial charge in [0, 0.05) is 19.7 Å². The fourth-order valence-electron chi connectivity index (χ4n) is 6.26. The number of aryl methyl sites for hydroxylation is 1. The monoisotopic (exact) mass is 528 g/mol. The molecule has 37 heavy (non-hydrogen) atoms. The maximum atomic E-state index is 14.4. The van der Waals surface area contributed by atoms with E-state index in [0.717, 1.165) is 18.4 Å². The predicted octanol–water partition coefficient (Wildman–Crippen LogP) is 3.19. The van der Waals surface area contributed by atoms with E-state index in [2.05, 4.69) is 0 Å². The minimum atomic E-state index is -1.29. The number of ether oxygens (including phenoxy) is 2. The number of aliphatic hydroxyl groups excluding tert-OH is 1. The summed E-state index contributed by atoms with van der Waals surface area (Å²) in [5.74, 6) is -2.68. The van der Waals surface area contributed by atoms with Gasteiger partial charge >= 0.3 is 5.97 Å². The van der Waals surface area contributed by atoms with Crippen LogP contribution in [0.4, 0.5) is 5.69 Å². The number of cyclic esters (lactones) is 1. The Hall–Kier alpha value is -2.68. The number of unbranched alkanes of at least 4 members (excludes halogenated alkanes) is 3. The summed E-state index contributed by atoms with van der Waals surface area (Å²) in [6.07, 6.45) is 10.3. The SMILES string of the molecule is Cc1cccc(Cl)c1N1CC=C[C@]23O[C@H]4C=CCCOC(=O)[C@H]4[C@H]2C(=O)N(CCCCCCO)C3C1=O. The van der Waals surface area contributed by atoms with E-state index in [1.807, 2.05) is 43.4 Å². The fraction of sp³-hybridized carbons (Fsp3) is 0.536. The van der Waals surface area contributed by atoms with Gasteiger partial charge in [-0.05, 0) is 37.8 Å². The van der Waals surface area contributed by atoms with Gasteiger partial charge < -0.3 is 24.4 Å². The quantitative estimate of drug-likeness (QED) is 0.332. The van der Waals surface area contributed by atoms with Gasteiger partial charge in [-0.25, -0.2) is 0 Å². The van der Waals surface area contributed by atoms with Crippen LogP contribution in [0.5, 0.6) is 0 Å². The Morgan fingerprint density at radius 1 is 1.11 bits per heavy atom. The molecule has 0 radical (unpaired) electrons. The van der Waals surface area contributed by atoms with E-state index in [-0.39, 0.29) is 31.6 Å². The largest absolute Gasteiger partial charge is 0.465 e. The van der Waals surface area contributed by atoms with Crippen LogP contribution in [0.15, 0.2) is 42.5 Å². The summed E-state index contributed by atoms with van der Waals surface area (Å²) in [7, 11) is 0. The molecule has 8 nitrogen and oxygen atoms in total. The van der Waals surface area contributed by atoms with Crippen LogP contribution in [-0.4, -0.2) is 71.8 Å². The summed E-state index contributed by atoms with van der Waals surface area (Å²) in [5.41, 5.74) is 0.173. The lowest BCUT2D eigenvalue weighted by Crippen LogP contribution is -2.55. The van der Waals surface area contributed by atoms with Crippen LogP contribution >= 0.6 is 11.6 Å². The van der Waals surface area contributed by atoms with Crippen LogP contribution in [0.2, 0.25) is 5.02 Å². The molecule has 1 aromatic carbocycles. The summed E-state index contributed by atoms with van der Waals surface area (Å²) >= 11 is 6.57. The van der Waals surface area contributed by atoms with Gasteiger partial charge in [0.05, 0.1) is 29.3 Å². The number of esters is 1. The van der Waals surface area contributed by atoms with Crippen LogP contribution in [-0.2, 0) is 23.9 Å². The number of rotatable bonds is 7. The minimum Gasteiger partial charge on any atom is -0.465 e. The number of carbonyl (C=O) groups is 3. The molecule has 0 saturated carbocycles. The third-order valence-electron chi connectivity index (χ3n) is 7.89. The molecule has 5 rings (SSSR count). The van der Waals surface area contributed by atoms with E-state index in [1.54, 1.807) is 15.9 Å². The first-order chi connectivity index (χ1) is 17.9. The third-order valence-corrected chi connectivity index (χ3v) is 8.19. The molecule has 4 heterocycles. The molecule has 198 valence electrons. The van der Waals surface area contributed by atoms with Crippen LogP contribution < -0.4 is 4.90 Å². The van der Waals surface area contributed by atoms with Crippen molar-refractivity contribution in [1.29, 1.82) is 0 Å². The van der Waals surface area contributed by atoms with Crippen LogP contribution in [0.1, 0.15) is 37.7 Å². The summed E-state index contributed by atoms with van der Waals surface area (Å²) in [6, 6.07) is 4.54. The van der Waals surface area contributed by atoms with Crippen LogP contribution in [0, 0.1) is 18.8 Å². The number of fused-ring (bicyclic) bond motifs is 2. The lowest BCUT2D eigenvalue weighted by molar-refractivity contribution is -0.154. The van der Waals surface area contributed by atoms with Gasteiger partial charge in [-0.2, -0.15) is 0 Å². The maximum Gasteiger partial charge on any atom is 0.312 e. The van der Waals surface area contributed by atoms with Crippen molar-refractivity contribution in [1.82, 2.24) is 4.90 Å². The Morgan fingerprint density at radius 2 is 1.92 bits per heavy atom. The van der Waals surface area contributed by atoms with E-state index >= 15 is 0 Å². The van der Waals surface area contributed by atoms with Crippen molar-refractivity contribution >= 4 is 35.1 Å². The van der Waals surface area contributed by atoms with Crippen molar-refractivity contribution in [3.8, 4) is 0 Å². The first-order valence-electron chi connectivity index (χ1n) is 13.1. The lowest BCUT2D eigenvalue weighted by atomic mass is 9.77. The van der Waals surface area contributed by atoms with Gasteiger partial charge in [0.25, 0.3) is 5.91 Å². The Morgan fingerprint density at radius 3 is 2.70 bits per heavy atom. The number of hydrogen-bond donors (Lipinski definition) is 1. The molecule has 5 atom stereocenters. The van der Waals surface area contributed by atoms with Crippen LogP contribution in [0.3, 0.4) is 0 Å². The summed E-state index contributed by atoms with van der Waals surface area (Å²) in [6.45, 7) is 2.89. The highest BCUT2D eigenvalue weighted by atomic mass is 35.5. The topological polar surface area (TPSA) is 96.4 Å². The predicted molar refractivity (Wildman–Crippen MR) is 138 cm³/mol. The maximum absolute atomic E-state index is 14.4. The number of halogens is 1. The van der Waals surface area contributed by atoms with Crippen molar-refractivity contribution in [2.24, 2.45) is 11.8 Å². The molecule has 4 aliphatic heterocycles. The number of carbonyl (C=O) groups excluding carboxylic acids is 3. The first-order valence-corrected chi connectivity index (χ1v) is 13.4. The fourth-order valence-corrected chi connectivity index (χ4v) is 6.58. The number of hydrogen-bond acceptors (Lipinski definition) is 6. The number of aliphatic hydroxyl groups is 1. The van der Waals surface area contributed by atoms with Gasteiger partial charge in [-0.3, -0.25) is 14.4 Å². The molecule has 1 spiro atoms. The zero-order valence-corrected chi connectivity index (χ0v) is 21.7. The zero-order valence-electron chi connectivity index (χ0n) is 21.0. The number of anilines is 1. The Labute approximate surface area is 221 Å². The van der Waals surface area contributed by atoms with Gasteiger partial charge in [-0.1, -0.05) is 60.9 Å². The second-order valence-corrected chi connectivity index (χ2v) is 10.6. The molecule has 1 aromatic rings. The highest BCUT2D eigenvalue weighted by Gasteiger charge is 2.71. The molecular weight excluding hydrogens is 496 g/mol. The van der Waals surface area contributed by atoms with Crippen molar-refractivity contribution in [2.75, 3.05) is 31.2 Å². The molecule has 4 aliphatic rings. The summed E-state index contributed by atoms with van der Waals surface area (Å²) in [4.78, 5) is 44.8. The number of likely N-dealkylation sites (tertiary alicyclic amines) is 1. The van der Waals surface area contributed by atoms with Gasteiger partial charge in [0.1, 0.15) is 17.6 Å². The molecule has 0 bridgehead atoms. The first kappa shape index (κ1) is 25.9. The molecule has 2 saturated heterocycles. The van der Waals surface area contributed by atoms with E-state index in [4.69, 9.17) is 26.2 Å². The molecule has 0 aliphatic carbocycles. The summed E-state index contributed by atoms with van der Waals surface area (Å²) < 4.78 is 12.0. The van der Waals surface area contributed by atoms with E-state index < -0.39 is 35.6 Å². The van der Waals surface area contributed by atoms with E-state index in [9.17, 15) is 14.4 Å². The zero-order chi connectivity index (χ0) is 26.2. The highest BCUT2D eigenvalue weighted by Crippen LogP contribution is 2.53. The minimum absolute atomic E-state index is 0.123.